The third kappa shape index (κ3) is 3.79. The van der Waals surface area contributed by atoms with Crippen LogP contribution in [-0.2, 0) is 10.0 Å². The van der Waals surface area contributed by atoms with Crippen LogP contribution in [0.2, 0.25) is 0 Å². The van der Waals surface area contributed by atoms with E-state index in [1.54, 1.807) is 27.4 Å². The van der Waals surface area contributed by atoms with Gasteiger partial charge in [-0.2, -0.15) is 4.31 Å². The fraction of sp³-hybridized carbons (Fsp3) is 0.588. The highest BCUT2D eigenvalue weighted by Gasteiger charge is 2.26. The number of sulfonamides is 1. The fourth-order valence-electron chi connectivity index (χ4n) is 3.27. The molecule has 0 spiro atoms. The Hall–Kier alpha value is -1.44. The molecule has 0 aromatic heterocycles. The lowest BCUT2D eigenvalue weighted by molar-refractivity contribution is 0.0735. The van der Waals surface area contributed by atoms with Crippen molar-refractivity contribution < 1.29 is 13.2 Å². The van der Waals surface area contributed by atoms with Gasteiger partial charge in [0.05, 0.1) is 4.90 Å². The smallest absolute Gasteiger partial charge is 0.253 e. The number of piperazine rings is 1. The first-order valence-electron chi connectivity index (χ1n) is 8.69. The lowest BCUT2D eigenvalue weighted by Crippen LogP contribution is -2.46. The van der Waals surface area contributed by atoms with Crippen molar-refractivity contribution in [3.05, 3.63) is 29.8 Å². The number of amides is 1. The minimum atomic E-state index is -3.52. The molecular formula is C17H25N3O3S. The summed E-state index contributed by atoms with van der Waals surface area (Å²) in [5, 5.41) is 3.21. The Morgan fingerprint density at radius 1 is 0.958 bits per heavy atom. The van der Waals surface area contributed by atoms with Gasteiger partial charge in [-0.05, 0) is 31.0 Å². The van der Waals surface area contributed by atoms with E-state index in [1.807, 2.05) is 0 Å². The van der Waals surface area contributed by atoms with Gasteiger partial charge in [0.15, 0.2) is 0 Å². The van der Waals surface area contributed by atoms with Crippen LogP contribution in [0.15, 0.2) is 29.2 Å². The first-order valence-corrected chi connectivity index (χ1v) is 10.1. The molecule has 0 bridgehead atoms. The van der Waals surface area contributed by atoms with Gasteiger partial charge < -0.3 is 10.2 Å². The Kier molecular flexibility index (Phi) is 5.53. The van der Waals surface area contributed by atoms with Crippen molar-refractivity contribution in [1.82, 2.24) is 14.5 Å². The summed E-state index contributed by atoms with van der Waals surface area (Å²) in [5.74, 6) is -0.0931. The van der Waals surface area contributed by atoms with Crippen LogP contribution in [-0.4, -0.2) is 62.8 Å². The van der Waals surface area contributed by atoms with Gasteiger partial charge in [-0.25, -0.2) is 8.42 Å². The van der Waals surface area contributed by atoms with E-state index in [1.165, 1.54) is 6.07 Å². The standard InChI is InChI=1S/C17H25N3O3S/c21-17(19-12-8-18-9-13-19)15-6-5-7-16(14-15)24(22,23)20-10-3-1-2-4-11-20/h5-7,14,18H,1-4,8-13H2. The van der Waals surface area contributed by atoms with Gasteiger partial charge in [-0.3, -0.25) is 4.79 Å². The minimum Gasteiger partial charge on any atom is -0.336 e. The molecule has 0 atom stereocenters. The number of benzene rings is 1. The van der Waals surface area contributed by atoms with Crippen molar-refractivity contribution in [2.45, 2.75) is 30.6 Å². The predicted molar refractivity (Wildman–Crippen MR) is 92.4 cm³/mol. The molecule has 2 fully saturated rings. The van der Waals surface area contributed by atoms with E-state index < -0.39 is 10.0 Å². The second-order valence-corrected chi connectivity index (χ2v) is 8.33. The maximum atomic E-state index is 12.9. The maximum absolute atomic E-state index is 12.9. The summed E-state index contributed by atoms with van der Waals surface area (Å²) in [5.41, 5.74) is 0.452. The van der Waals surface area contributed by atoms with Crippen molar-refractivity contribution in [1.29, 1.82) is 0 Å². The molecule has 1 amide bonds. The zero-order valence-electron chi connectivity index (χ0n) is 13.9. The molecule has 24 heavy (non-hydrogen) atoms. The third-order valence-corrected chi connectivity index (χ3v) is 6.58. The van der Waals surface area contributed by atoms with Crippen molar-refractivity contribution in [3.8, 4) is 0 Å². The van der Waals surface area contributed by atoms with Crippen molar-refractivity contribution in [3.63, 3.8) is 0 Å². The van der Waals surface area contributed by atoms with Crippen molar-refractivity contribution >= 4 is 15.9 Å². The average Bonchev–Trinajstić information content (AvgIpc) is 2.92. The highest BCUT2D eigenvalue weighted by Crippen LogP contribution is 2.21. The maximum Gasteiger partial charge on any atom is 0.253 e. The Morgan fingerprint density at radius 3 is 2.29 bits per heavy atom. The van der Waals surface area contributed by atoms with Crippen molar-refractivity contribution in [2.75, 3.05) is 39.3 Å². The number of nitrogens with zero attached hydrogens (tertiary/aromatic N) is 2. The molecule has 1 N–H and O–H groups in total. The van der Waals surface area contributed by atoms with Gasteiger partial charge in [0.1, 0.15) is 0 Å². The highest BCUT2D eigenvalue weighted by atomic mass is 32.2. The molecule has 2 saturated heterocycles. The normalized spacial score (nSPS) is 20.6. The molecule has 1 aromatic rings. The second kappa shape index (κ2) is 7.63. The molecule has 0 aliphatic carbocycles. The number of hydrogen-bond donors (Lipinski definition) is 1. The van der Waals surface area contributed by atoms with Gasteiger partial charge in [-0.15, -0.1) is 0 Å². The molecular weight excluding hydrogens is 326 g/mol. The zero-order valence-corrected chi connectivity index (χ0v) is 14.7. The largest absolute Gasteiger partial charge is 0.336 e. The van der Waals surface area contributed by atoms with E-state index in [0.29, 0.717) is 31.7 Å². The second-order valence-electron chi connectivity index (χ2n) is 6.39. The van der Waals surface area contributed by atoms with E-state index in [-0.39, 0.29) is 10.8 Å². The molecule has 2 aliphatic rings. The molecule has 2 aliphatic heterocycles. The van der Waals surface area contributed by atoms with Crippen LogP contribution in [0.4, 0.5) is 0 Å². The molecule has 0 unspecified atom stereocenters. The number of carbonyl (C=O) groups is 1. The highest BCUT2D eigenvalue weighted by molar-refractivity contribution is 7.89. The lowest BCUT2D eigenvalue weighted by atomic mass is 10.2. The van der Waals surface area contributed by atoms with E-state index in [0.717, 1.165) is 38.8 Å². The van der Waals surface area contributed by atoms with Gasteiger partial charge in [-0.1, -0.05) is 18.9 Å². The van der Waals surface area contributed by atoms with Gasteiger partial charge >= 0.3 is 0 Å². The summed E-state index contributed by atoms with van der Waals surface area (Å²) in [6.45, 7) is 4.00. The molecule has 1 aromatic carbocycles. The van der Waals surface area contributed by atoms with Crippen LogP contribution in [0.3, 0.4) is 0 Å². The van der Waals surface area contributed by atoms with E-state index in [2.05, 4.69) is 5.32 Å². The molecule has 0 saturated carbocycles. The SMILES string of the molecule is O=C(c1cccc(S(=O)(=O)N2CCCCCC2)c1)N1CCNCC1. The van der Waals surface area contributed by atoms with Crippen LogP contribution in [0.5, 0.6) is 0 Å². The van der Waals surface area contributed by atoms with Crippen LogP contribution >= 0.6 is 0 Å². The van der Waals surface area contributed by atoms with Crippen LogP contribution < -0.4 is 5.32 Å². The predicted octanol–water partition coefficient (Wildman–Crippen LogP) is 1.30. The summed E-state index contributed by atoms with van der Waals surface area (Å²) in [6.07, 6.45) is 3.96. The molecule has 2 heterocycles. The van der Waals surface area contributed by atoms with Crippen LogP contribution in [0.1, 0.15) is 36.0 Å². The molecule has 6 nitrogen and oxygen atoms in total. The monoisotopic (exact) mass is 351 g/mol. The Labute approximate surface area is 143 Å². The fourth-order valence-corrected chi connectivity index (χ4v) is 4.83. The summed E-state index contributed by atoms with van der Waals surface area (Å²) in [7, 11) is -3.52. The van der Waals surface area contributed by atoms with E-state index >= 15 is 0 Å². The molecule has 0 radical (unpaired) electrons. The minimum absolute atomic E-state index is 0.0931. The Morgan fingerprint density at radius 2 is 1.62 bits per heavy atom. The quantitative estimate of drug-likeness (QED) is 0.891. The van der Waals surface area contributed by atoms with Crippen molar-refractivity contribution in [2.24, 2.45) is 0 Å². The summed E-state index contributed by atoms with van der Waals surface area (Å²) < 4.78 is 27.3. The topological polar surface area (TPSA) is 69.7 Å². The summed E-state index contributed by atoms with van der Waals surface area (Å²) in [4.78, 5) is 14.6. The first-order chi connectivity index (χ1) is 11.6. The molecule has 132 valence electrons. The number of carbonyl (C=O) groups excluding carboxylic acids is 1. The van der Waals surface area contributed by atoms with Gasteiger partial charge in [0.25, 0.3) is 5.91 Å². The average molecular weight is 351 g/mol. The van der Waals surface area contributed by atoms with Gasteiger partial charge in [0.2, 0.25) is 10.0 Å². The van der Waals surface area contributed by atoms with Crippen LogP contribution in [0.25, 0.3) is 0 Å². The van der Waals surface area contributed by atoms with Gasteiger partial charge in [0, 0.05) is 44.8 Å². The number of hydrogen-bond acceptors (Lipinski definition) is 4. The Balaban J connectivity index is 1.82. The Bertz CT molecular complexity index is 676. The summed E-state index contributed by atoms with van der Waals surface area (Å²) >= 11 is 0. The van der Waals surface area contributed by atoms with E-state index in [9.17, 15) is 13.2 Å². The lowest BCUT2D eigenvalue weighted by Gasteiger charge is -2.27. The van der Waals surface area contributed by atoms with E-state index in [4.69, 9.17) is 0 Å². The number of rotatable bonds is 3. The zero-order chi connectivity index (χ0) is 17.0. The first kappa shape index (κ1) is 17.4. The third-order valence-electron chi connectivity index (χ3n) is 4.69. The number of nitrogens with one attached hydrogen (secondary N) is 1. The molecule has 3 rings (SSSR count). The van der Waals surface area contributed by atoms with Crippen LogP contribution in [0, 0.1) is 0 Å². The molecule has 7 heteroatoms. The summed E-state index contributed by atoms with van der Waals surface area (Å²) in [6, 6.07) is 6.49.